The number of allylic oxidation sites excluding steroid dienone is 3. The van der Waals surface area contributed by atoms with Gasteiger partial charge in [0.1, 0.15) is 0 Å². The van der Waals surface area contributed by atoms with E-state index >= 15 is 0 Å². The number of aliphatic hydroxyl groups is 1. The smallest absolute Gasteiger partial charge is 0.0352 e. The van der Waals surface area contributed by atoms with Crippen molar-refractivity contribution in [1.82, 2.24) is 14.7 Å². The molecule has 1 N–H and O–H groups in total. The van der Waals surface area contributed by atoms with Crippen molar-refractivity contribution in [3.8, 4) is 0 Å². The number of hydrogen-bond donors (Lipinski definition) is 1. The predicted octanol–water partition coefficient (Wildman–Crippen LogP) is 1.82. The van der Waals surface area contributed by atoms with Gasteiger partial charge < -0.3 is 22.6 Å². The van der Waals surface area contributed by atoms with E-state index in [1.165, 1.54) is 13.1 Å². The Bertz CT molecular complexity index is 426. The van der Waals surface area contributed by atoms with E-state index in [1.54, 1.807) is 0 Å². The van der Waals surface area contributed by atoms with Crippen LogP contribution in [0.4, 0.5) is 0 Å². The second-order valence-corrected chi connectivity index (χ2v) is 6.66. The third kappa shape index (κ3) is 6.61. The molecule has 6 heteroatoms. The van der Waals surface area contributed by atoms with Crippen LogP contribution in [0.2, 0.25) is 0 Å². The van der Waals surface area contributed by atoms with Crippen molar-refractivity contribution in [3.05, 3.63) is 35.4 Å². The number of hydrogen-bond acceptors (Lipinski definition) is 5. The topological polar surface area (TPSA) is 30.0 Å². The zero-order valence-electron chi connectivity index (χ0n) is 15.4. The van der Waals surface area contributed by atoms with E-state index in [4.69, 9.17) is 17.7 Å². The fourth-order valence-corrected chi connectivity index (χ4v) is 3.11. The van der Waals surface area contributed by atoms with Gasteiger partial charge in [-0.15, -0.1) is 6.08 Å². The number of piperazine rings is 1. The van der Waals surface area contributed by atoms with Gasteiger partial charge in [0, 0.05) is 85.2 Å². The van der Waals surface area contributed by atoms with Crippen LogP contribution in [0.15, 0.2) is 35.4 Å². The molecule has 0 saturated carbocycles. The molecule has 0 spiro atoms. The molecule has 2 aliphatic heterocycles. The first-order valence-electron chi connectivity index (χ1n) is 8.40. The maximum Gasteiger partial charge on any atom is 0.0352 e. The Hall–Kier alpha value is -0.192. The Balaban J connectivity index is 0.00000170. The summed E-state index contributed by atoms with van der Waals surface area (Å²) in [7, 11) is 1.00. The van der Waals surface area contributed by atoms with Gasteiger partial charge in [-0.2, -0.15) is 4.91 Å². The summed E-state index contributed by atoms with van der Waals surface area (Å²) in [5.74, 6) is 0. The van der Waals surface area contributed by atoms with Gasteiger partial charge in [-0.25, -0.2) is 0 Å². The van der Waals surface area contributed by atoms with E-state index in [1.807, 2.05) is 19.1 Å². The van der Waals surface area contributed by atoms with E-state index < -0.39 is 0 Å². The molecule has 0 aromatic carbocycles. The summed E-state index contributed by atoms with van der Waals surface area (Å²) in [5, 5.41) is 7.00. The summed E-state index contributed by atoms with van der Waals surface area (Å²) >= 11 is 5.27. The maximum atomic E-state index is 7.00. The van der Waals surface area contributed by atoms with Crippen LogP contribution in [-0.4, -0.2) is 78.3 Å². The molecule has 2 aliphatic rings. The van der Waals surface area contributed by atoms with Gasteiger partial charge in [-0.1, -0.05) is 12.7 Å². The largest absolute Gasteiger partial charge is 0.780 e. The zero-order chi connectivity index (χ0) is 17.4. The molecule has 0 radical (unpaired) electrons. The molecule has 0 aromatic rings. The molecule has 2 rings (SSSR count). The monoisotopic (exact) mass is 522 g/mol. The van der Waals surface area contributed by atoms with Crippen LogP contribution in [0.1, 0.15) is 20.8 Å². The van der Waals surface area contributed by atoms with Crippen molar-refractivity contribution in [2.24, 2.45) is 0 Å². The Kier molecular flexibility index (Phi) is 12.1. The van der Waals surface area contributed by atoms with Crippen LogP contribution in [-0.2, 0) is 33.7 Å². The summed E-state index contributed by atoms with van der Waals surface area (Å²) in [6, 6.07) is 1.44. The first-order chi connectivity index (χ1) is 11.0. The second kappa shape index (κ2) is 12.2. The summed E-state index contributed by atoms with van der Waals surface area (Å²) < 4.78 is 0. The number of rotatable bonds is 5. The number of likely N-dealkylation sites (tertiary alicyclic amines) is 1. The molecule has 2 fully saturated rings. The minimum absolute atomic E-state index is 0. The molecule has 0 bridgehead atoms. The molecule has 2 saturated heterocycles. The Morgan fingerprint density at radius 1 is 1.17 bits per heavy atom. The quantitative estimate of drug-likeness (QED) is 0.440. The van der Waals surface area contributed by atoms with Gasteiger partial charge in [0.2, 0.25) is 0 Å². The zero-order valence-corrected chi connectivity index (χ0v) is 19.2. The van der Waals surface area contributed by atoms with Crippen molar-refractivity contribution in [2.45, 2.75) is 32.9 Å². The summed E-state index contributed by atoms with van der Waals surface area (Å²) in [4.78, 5) is 8.47. The molecule has 0 unspecified atom stereocenters. The van der Waals surface area contributed by atoms with Crippen LogP contribution in [0.3, 0.4) is 0 Å². The van der Waals surface area contributed by atoms with Crippen molar-refractivity contribution in [3.63, 3.8) is 0 Å². The summed E-state index contributed by atoms with van der Waals surface area (Å²) in [6.07, 6.45) is 5.95. The SMILES string of the molecule is C=C/C(=C\C([S-])=C/C)N1CCN(C2CN(C(C)C)C2)CC1.CO.[W]. The normalized spacial score (nSPS) is 20.8. The predicted molar refractivity (Wildman–Crippen MR) is 101 cm³/mol. The fraction of sp³-hybridized carbons (Fsp3) is 0.667. The van der Waals surface area contributed by atoms with E-state index in [-0.39, 0.29) is 21.1 Å². The van der Waals surface area contributed by atoms with E-state index in [9.17, 15) is 0 Å². The first kappa shape index (κ1) is 23.8. The Morgan fingerprint density at radius 2 is 1.71 bits per heavy atom. The van der Waals surface area contributed by atoms with Crippen molar-refractivity contribution in [2.75, 3.05) is 46.4 Å². The maximum absolute atomic E-state index is 7.00. The van der Waals surface area contributed by atoms with E-state index in [0.717, 1.165) is 49.9 Å². The molecule has 4 nitrogen and oxygen atoms in total. The summed E-state index contributed by atoms with van der Waals surface area (Å²) in [6.45, 7) is 17.4. The van der Waals surface area contributed by atoms with Gasteiger partial charge in [0.25, 0.3) is 0 Å². The molecular weight excluding hydrogens is 490 g/mol. The average Bonchev–Trinajstić information content (AvgIpc) is 2.53. The number of aliphatic hydroxyl groups excluding tert-OH is 1. The van der Waals surface area contributed by atoms with Gasteiger partial charge in [0.15, 0.2) is 0 Å². The van der Waals surface area contributed by atoms with Gasteiger partial charge in [-0.05, 0) is 26.8 Å². The van der Waals surface area contributed by atoms with Crippen LogP contribution >= 0.6 is 0 Å². The minimum Gasteiger partial charge on any atom is -0.780 e. The second-order valence-electron chi connectivity index (χ2n) is 6.19. The third-order valence-electron chi connectivity index (χ3n) is 4.60. The van der Waals surface area contributed by atoms with E-state index in [2.05, 4.69) is 41.2 Å². The molecule has 0 aromatic heterocycles. The standard InChI is InChI=1S/C17H29N3S.CH4O.W/c1-5-15(11-17(21)6-2)18-7-9-19(10-8-18)16-12-20(13-16)14(3)4;1-2;/h5-6,11,14,16,21H,1,7-10,12-13H2,2-4H3;2H,1H3;/p-1/b15-11+,17-6+;;. The molecule has 138 valence electrons. The van der Waals surface area contributed by atoms with Crippen molar-refractivity contribution >= 4 is 12.6 Å². The van der Waals surface area contributed by atoms with E-state index in [0.29, 0.717) is 6.04 Å². The molecule has 0 amide bonds. The van der Waals surface area contributed by atoms with Crippen LogP contribution < -0.4 is 0 Å². The van der Waals surface area contributed by atoms with Crippen LogP contribution in [0.25, 0.3) is 0 Å². The van der Waals surface area contributed by atoms with Gasteiger partial charge in [0.05, 0.1) is 0 Å². The molecule has 0 aliphatic carbocycles. The molecular formula is C18H32N3OSW-. The summed E-state index contributed by atoms with van der Waals surface area (Å²) in [5.41, 5.74) is 1.16. The average molecular weight is 522 g/mol. The van der Waals surface area contributed by atoms with Crippen LogP contribution in [0.5, 0.6) is 0 Å². The van der Waals surface area contributed by atoms with Crippen molar-refractivity contribution < 1.29 is 26.2 Å². The molecule has 24 heavy (non-hydrogen) atoms. The molecule has 2 heterocycles. The first-order valence-corrected chi connectivity index (χ1v) is 8.81. The third-order valence-corrected chi connectivity index (χ3v) is 4.95. The minimum atomic E-state index is 0. The Labute approximate surface area is 167 Å². The van der Waals surface area contributed by atoms with Crippen LogP contribution in [0, 0.1) is 0 Å². The van der Waals surface area contributed by atoms with Gasteiger partial charge >= 0.3 is 0 Å². The fourth-order valence-electron chi connectivity index (χ4n) is 2.99. The van der Waals surface area contributed by atoms with Crippen molar-refractivity contribution in [1.29, 1.82) is 0 Å². The molecule has 0 atom stereocenters. The Morgan fingerprint density at radius 3 is 2.12 bits per heavy atom. The number of nitrogens with zero attached hydrogens (tertiary/aromatic N) is 3. The van der Waals surface area contributed by atoms with Gasteiger partial charge in [-0.3, -0.25) is 9.80 Å².